The van der Waals surface area contributed by atoms with Crippen LogP contribution in [0.1, 0.15) is 27.3 Å². The fourth-order valence-corrected chi connectivity index (χ4v) is 4.40. The van der Waals surface area contributed by atoms with E-state index in [2.05, 4.69) is 9.71 Å². The molecule has 7 heteroatoms. The second kappa shape index (κ2) is 5.75. The number of anilines is 1. The Morgan fingerprint density at radius 1 is 1.19 bits per heavy atom. The van der Waals surface area contributed by atoms with Crippen LogP contribution >= 0.6 is 11.3 Å². The van der Waals surface area contributed by atoms with Crippen molar-refractivity contribution in [3.05, 3.63) is 39.4 Å². The second-order valence-electron chi connectivity index (χ2n) is 5.01. The van der Waals surface area contributed by atoms with Crippen LogP contribution in [0.15, 0.2) is 17.0 Å². The molecular formula is C14H19N3O2S2. The largest absolute Gasteiger partial charge is 0.326 e. The monoisotopic (exact) mass is 325 g/mol. The van der Waals surface area contributed by atoms with Gasteiger partial charge in [0.2, 0.25) is 0 Å². The van der Waals surface area contributed by atoms with Gasteiger partial charge < -0.3 is 5.73 Å². The lowest BCUT2D eigenvalue weighted by atomic mass is 10.1. The maximum Gasteiger partial charge on any atom is 0.263 e. The summed E-state index contributed by atoms with van der Waals surface area (Å²) in [5.74, 6) is 0. The van der Waals surface area contributed by atoms with Gasteiger partial charge in [-0.25, -0.2) is 13.4 Å². The Labute approximate surface area is 129 Å². The van der Waals surface area contributed by atoms with E-state index in [0.717, 1.165) is 21.7 Å². The molecule has 0 fully saturated rings. The van der Waals surface area contributed by atoms with E-state index < -0.39 is 10.0 Å². The molecule has 0 aliphatic carbocycles. The van der Waals surface area contributed by atoms with E-state index in [4.69, 9.17) is 5.73 Å². The third-order valence-corrected chi connectivity index (χ3v) is 5.99. The molecule has 2 aromatic rings. The first-order valence-electron chi connectivity index (χ1n) is 6.51. The van der Waals surface area contributed by atoms with E-state index >= 15 is 0 Å². The first kappa shape index (κ1) is 15.9. The number of hydrogen-bond donors (Lipinski definition) is 2. The maximum atomic E-state index is 12.5. The van der Waals surface area contributed by atoms with Gasteiger partial charge in [0.15, 0.2) is 5.13 Å². The molecule has 1 aromatic heterocycles. The summed E-state index contributed by atoms with van der Waals surface area (Å²) in [4.78, 5) is 5.46. The van der Waals surface area contributed by atoms with Crippen molar-refractivity contribution in [3.8, 4) is 0 Å². The van der Waals surface area contributed by atoms with Gasteiger partial charge in [0, 0.05) is 11.4 Å². The van der Waals surface area contributed by atoms with E-state index in [0.29, 0.717) is 17.2 Å². The average molecular weight is 325 g/mol. The molecule has 0 amide bonds. The minimum Gasteiger partial charge on any atom is -0.326 e. The lowest BCUT2D eigenvalue weighted by molar-refractivity contribution is 0.600. The first-order valence-corrected chi connectivity index (χ1v) is 8.81. The first-order chi connectivity index (χ1) is 9.74. The van der Waals surface area contributed by atoms with E-state index in [-0.39, 0.29) is 4.90 Å². The molecule has 0 aliphatic rings. The van der Waals surface area contributed by atoms with Crippen molar-refractivity contribution in [1.29, 1.82) is 0 Å². The van der Waals surface area contributed by atoms with Crippen molar-refractivity contribution >= 4 is 26.5 Å². The Morgan fingerprint density at radius 3 is 2.38 bits per heavy atom. The highest BCUT2D eigenvalue weighted by atomic mass is 32.2. The summed E-state index contributed by atoms with van der Waals surface area (Å²) in [5.41, 5.74) is 9.02. The molecule has 114 valence electrons. The quantitative estimate of drug-likeness (QED) is 0.905. The second-order valence-corrected chi connectivity index (χ2v) is 7.87. The van der Waals surface area contributed by atoms with Crippen molar-refractivity contribution < 1.29 is 8.42 Å². The average Bonchev–Trinajstić information content (AvgIpc) is 2.67. The molecule has 0 radical (unpaired) electrons. The van der Waals surface area contributed by atoms with Crippen LogP contribution in [0.2, 0.25) is 0 Å². The zero-order chi connectivity index (χ0) is 15.8. The minimum absolute atomic E-state index is 0.249. The smallest absolute Gasteiger partial charge is 0.263 e. The lowest BCUT2D eigenvalue weighted by Gasteiger charge is -2.12. The molecule has 2 rings (SSSR count). The van der Waals surface area contributed by atoms with Crippen LogP contribution < -0.4 is 10.5 Å². The lowest BCUT2D eigenvalue weighted by Crippen LogP contribution is -2.15. The van der Waals surface area contributed by atoms with E-state index in [1.165, 1.54) is 11.3 Å². The SMILES string of the molecule is Cc1cc(C)c(S(=O)(=O)Nc2nc(C)c(C)s2)cc1CN. The van der Waals surface area contributed by atoms with Gasteiger partial charge in [-0.1, -0.05) is 6.07 Å². The predicted molar refractivity (Wildman–Crippen MR) is 86.2 cm³/mol. The number of hydrogen-bond acceptors (Lipinski definition) is 5. The molecule has 0 saturated carbocycles. The summed E-state index contributed by atoms with van der Waals surface area (Å²) < 4.78 is 27.6. The summed E-state index contributed by atoms with van der Waals surface area (Å²) in [7, 11) is -3.65. The minimum atomic E-state index is -3.65. The topological polar surface area (TPSA) is 85.1 Å². The Balaban J connectivity index is 2.44. The molecule has 0 unspecified atom stereocenters. The highest BCUT2D eigenvalue weighted by Crippen LogP contribution is 2.26. The fourth-order valence-electron chi connectivity index (χ4n) is 2.07. The highest BCUT2D eigenvalue weighted by Gasteiger charge is 2.20. The standard InChI is InChI=1S/C14H19N3O2S2/c1-8-5-9(2)13(6-12(8)7-15)21(18,19)17-14-16-10(3)11(4)20-14/h5-6H,7,15H2,1-4H3,(H,16,17). The summed E-state index contributed by atoms with van der Waals surface area (Å²) in [6.07, 6.45) is 0. The van der Waals surface area contributed by atoms with Crippen LogP contribution in [0.4, 0.5) is 5.13 Å². The fraction of sp³-hybridized carbons (Fsp3) is 0.357. The van der Waals surface area contributed by atoms with Crippen LogP contribution in [0.3, 0.4) is 0 Å². The molecular weight excluding hydrogens is 306 g/mol. The van der Waals surface area contributed by atoms with Gasteiger partial charge in [-0.3, -0.25) is 4.72 Å². The van der Waals surface area contributed by atoms with E-state index in [1.807, 2.05) is 26.8 Å². The van der Waals surface area contributed by atoms with Crippen LogP contribution in [0.25, 0.3) is 0 Å². The van der Waals surface area contributed by atoms with Gasteiger partial charge in [0.1, 0.15) is 0 Å². The van der Waals surface area contributed by atoms with Crippen molar-refractivity contribution in [2.24, 2.45) is 5.73 Å². The van der Waals surface area contributed by atoms with Crippen molar-refractivity contribution in [1.82, 2.24) is 4.98 Å². The van der Waals surface area contributed by atoms with Gasteiger partial charge >= 0.3 is 0 Å². The van der Waals surface area contributed by atoms with E-state index in [9.17, 15) is 8.42 Å². The van der Waals surface area contributed by atoms with Gasteiger partial charge in [-0.15, -0.1) is 11.3 Å². The summed E-state index contributed by atoms with van der Waals surface area (Å²) in [6, 6.07) is 3.48. The third-order valence-electron chi connectivity index (χ3n) is 3.39. The Kier molecular flexibility index (Phi) is 4.36. The molecule has 0 bridgehead atoms. The zero-order valence-corrected chi connectivity index (χ0v) is 14.2. The number of thiazole rings is 1. The third kappa shape index (κ3) is 3.25. The summed E-state index contributed by atoms with van der Waals surface area (Å²) in [5, 5.41) is 0.388. The molecule has 21 heavy (non-hydrogen) atoms. The number of rotatable bonds is 4. The number of aromatic nitrogens is 1. The Hall–Kier alpha value is -1.44. The number of nitrogens with one attached hydrogen (secondary N) is 1. The van der Waals surface area contributed by atoms with Crippen molar-refractivity contribution in [2.45, 2.75) is 39.1 Å². The number of nitrogens with zero attached hydrogens (tertiary/aromatic N) is 1. The number of sulfonamides is 1. The number of benzene rings is 1. The van der Waals surface area contributed by atoms with Gasteiger partial charge in [-0.05, 0) is 50.5 Å². The maximum absolute atomic E-state index is 12.5. The van der Waals surface area contributed by atoms with E-state index in [1.54, 1.807) is 13.0 Å². The summed E-state index contributed by atoms with van der Waals surface area (Å²) >= 11 is 1.33. The van der Waals surface area contributed by atoms with Crippen LogP contribution in [0, 0.1) is 27.7 Å². The van der Waals surface area contributed by atoms with Crippen LogP contribution in [-0.4, -0.2) is 13.4 Å². The van der Waals surface area contributed by atoms with Crippen LogP contribution in [-0.2, 0) is 16.6 Å². The highest BCUT2D eigenvalue weighted by molar-refractivity contribution is 7.93. The Morgan fingerprint density at radius 2 is 1.86 bits per heavy atom. The molecule has 1 heterocycles. The number of aryl methyl sites for hydroxylation is 4. The summed E-state index contributed by atoms with van der Waals surface area (Å²) in [6.45, 7) is 7.78. The molecule has 1 aromatic carbocycles. The number of nitrogens with two attached hydrogens (primary N) is 1. The van der Waals surface area contributed by atoms with Crippen molar-refractivity contribution in [3.63, 3.8) is 0 Å². The molecule has 0 saturated heterocycles. The molecule has 5 nitrogen and oxygen atoms in total. The molecule has 0 aliphatic heterocycles. The van der Waals surface area contributed by atoms with Crippen molar-refractivity contribution in [2.75, 3.05) is 4.72 Å². The van der Waals surface area contributed by atoms with Crippen LogP contribution in [0.5, 0.6) is 0 Å². The molecule has 3 N–H and O–H groups in total. The zero-order valence-electron chi connectivity index (χ0n) is 12.5. The van der Waals surface area contributed by atoms with Gasteiger partial charge in [0.25, 0.3) is 10.0 Å². The normalized spacial score (nSPS) is 11.7. The molecule has 0 spiro atoms. The van der Waals surface area contributed by atoms with Gasteiger partial charge in [-0.2, -0.15) is 0 Å². The Bertz CT molecular complexity index is 760. The predicted octanol–water partition coefficient (Wildman–Crippen LogP) is 2.64. The molecule has 0 atom stereocenters. The van der Waals surface area contributed by atoms with Gasteiger partial charge in [0.05, 0.1) is 10.6 Å².